The quantitative estimate of drug-likeness (QED) is 0.800. The summed E-state index contributed by atoms with van der Waals surface area (Å²) in [6.45, 7) is 4.48. The van der Waals surface area contributed by atoms with E-state index in [1.54, 1.807) is 6.07 Å². The number of fused-ring (bicyclic) bond motifs is 1. The maximum Gasteiger partial charge on any atom is 0.124 e. The Morgan fingerprint density at radius 1 is 1.20 bits per heavy atom. The monoisotopic (exact) mass is 289 g/mol. The van der Waals surface area contributed by atoms with Gasteiger partial charge in [0.2, 0.25) is 0 Å². The van der Waals surface area contributed by atoms with Crippen molar-refractivity contribution in [3.63, 3.8) is 0 Å². The second kappa shape index (κ2) is 4.78. The second-order valence-electron chi connectivity index (χ2n) is 6.07. The Bertz CT molecular complexity index is 651. The highest BCUT2D eigenvalue weighted by atomic mass is 35.5. The van der Waals surface area contributed by atoms with Crippen LogP contribution in [0.5, 0.6) is 0 Å². The molecule has 104 valence electrons. The molecule has 2 aromatic rings. The van der Waals surface area contributed by atoms with E-state index >= 15 is 0 Å². The van der Waals surface area contributed by atoms with Crippen molar-refractivity contribution in [3.05, 3.63) is 64.4 Å². The van der Waals surface area contributed by atoms with E-state index in [9.17, 15) is 4.39 Å². The largest absolute Gasteiger partial charge is 0.376 e. The van der Waals surface area contributed by atoms with Gasteiger partial charge in [-0.1, -0.05) is 49.7 Å². The average molecular weight is 290 g/mol. The number of anilines is 1. The number of hydrogen-bond donors (Lipinski definition) is 1. The lowest BCUT2D eigenvalue weighted by molar-refractivity contribution is 0.337. The summed E-state index contributed by atoms with van der Waals surface area (Å²) in [6.07, 6.45) is 1.03. The van der Waals surface area contributed by atoms with E-state index in [1.807, 2.05) is 0 Å². The minimum absolute atomic E-state index is 0.0986. The number of rotatable bonds is 2. The van der Waals surface area contributed by atoms with E-state index in [-0.39, 0.29) is 17.3 Å². The van der Waals surface area contributed by atoms with Crippen molar-refractivity contribution < 1.29 is 4.39 Å². The van der Waals surface area contributed by atoms with Crippen LogP contribution in [0.4, 0.5) is 10.1 Å². The molecule has 1 N–H and O–H groups in total. The van der Waals surface area contributed by atoms with Gasteiger partial charge in [-0.2, -0.15) is 0 Å². The molecule has 1 nitrogen and oxygen atoms in total. The molecule has 1 aliphatic carbocycles. The van der Waals surface area contributed by atoms with E-state index in [2.05, 4.69) is 43.4 Å². The minimum atomic E-state index is -0.313. The summed E-state index contributed by atoms with van der Waals surface area (Å²) in [5.74, 6) is -0.313. The van der Waals surface area contributed by atoms with Crippen molar-refractivity contribution in [2.24, 2.45) is 5.41 Å². The van der Waals surface area contributed by atoms with E-state index in [0.717, 1.165) is 12.1 Å². The molecule has 0 fully saturated rings. The summed E-state index contributed by atoms with van der Waals surface area (Å²) in [5, 5.41) is 3.91. The third-order valence-corrected chi connectivity index (χ3v) is 4.34. The molecule has 3 heteroatoms. The highest BCUT2D eigenvalue weighted by Gasteiger charge is 2.38. The van der Waals surface area contributed by atoms with Gasteiger partial charge in [0, 0.05) is 0 Å². The smallest absolute Gasteiger partial charge is 0.124 e. The van der Waals surface area contributed by atoms with E-state index in [4.69, 9.17) is 11.6 Å². The van der Waals surface area contributed by atoms with Gasteiger partial charge in [-0.3, -0.25) is 0 Å². The zero-order valence-electron chi connectivity index (χ0n) is 11.6. The summed E-state index contributed by atoms with van der Waals surface area (Å²) >= 11 is 6.13. The van der Waals surface area contributed by atoms with Crippen molar-refractivity contribution in [1.29, 1.82) is 0 Å². The van der Waals surface area contributed by atoms with E-state index in [0.29, 0.717) is 5.02 Å². The summed E-state index contributed by atoms with van der Waals surface area (Å²) in [5.41, 5.74) is 3.55. The van der Waals surface area contributed by atoms with Gasteiger partial charge in [0.1, 0.15) is 5.82 Å². The number of benzene rings is 2. The van der Waals surface area contributed by atoms with E-state index in [1.165, 1.54) is 23.3 Å². The van der Waals surface area contributed by atoms with Crippen LogP contribution in [0.2, 0.25) is 5.02 Å². The molecule has 0 amide bonds. The van der Waals surface area contributed by atoms with Gasteiger partial charge < -0.3 is 5.32 Å². The SMILES string of the molecule is CC1(C)Cc2ccccc2C1Nc1ccc(F)cc1Cl. The second-order valence-corrected chi connectivity index (χ2v) is 6.47. The molecule has 0 spiro atoms. The van der Waals surface area contributed by atoms with Crippen LogP contribution in [0.25, 0.3) is 0 Å². The fourth-order valence-corrected chi connectivity index (χ4v) is 3.25. The van der Waals surface area contributed by atoms with Crippen LogP contribution in [0.1, 0.15) is 31.0 Å². The fraction of sp³-hybridized carbons (Fsp3) is 0.294. The molecule has 0 saturated carbocycles. The molecule has 1 unspecified atom stereocenters. The molecular formula is C17H17ClFN. The predicted octanol–water partition coefficient (Wildman–Crippen LogP) is 5.21. The molecule has 1 aliphatic rings. The van der Waals surface area contributed by atoms with Crippen molar-refractivity contribution in [3.8, 4) is 0 Å². The summed E-state index contributed by atoms with van der Waals surface area (Å²) in [4.78, 5) is 0. The Hall–Kier alpha value is -1.54. The highest BCUT2D eigenvalue weighted by Crippen LogP contribution is 2.47. The lowest BCUT2D eigenvalue weighted by Crippen LogP contribution is -2.24. The first-order chi connectivity index (χ1) is 9.47. The molecule has 0 saturated heterocycles. The summed E-state index contributed by atoms with van der Waals surface area (Å²) in [6, 6.07) is 13.1. The van der Waals surface area contributed by atoms with Crippen LogP contribution in [-0.4, -0.2) is 0 Å². The Morgan fingerprint density at radius 3 is 2.70 bits per heavy atom. The number of halogens is 2. The molecule has 0 aliphatic heterocycles. The molecule has 0 radical (unpaired) electrons. The highest BCUT2D eigenvalue weighted by molar-refractivity contribution is 6.33. The Morgan fingerprint density at radius 2 is 1.95 bits per heavy atom. The first-order valence-electron chi connectivity index (χ1n) is 6.77. The van der Waals surface area contributed by atoms with Gasteiger partial charge in [-0.15, -0.1) is 0 Å². The molecular weight excluding hydrogens is 273 g/mol. The van der Waals surface area contributed by atoms with Gasteiger partial charge in [-0.05, 0) is 41.2 Å². The van der Waals surface area contributed by atoms with Gasteiger partial charge in [0.05, 0.1) is 16.8 Å². The van der Waals surface area contributed by atoms with Crippen LogP contribution >= 0.6 is 11.6 Å². The van der Waals surface area contributed by atoms with Crippen molar-refractivity contribution in [1.82, 2.24) is 0 Å². The molecule has 1 atom stereocenters. The Balaban J connectivity index is 1.97. The zero-order valence-corrected chi connectivity index (χ0v) is 12.3. The molecule has 2 aromatic carbocycles. The lowest BCUT2D eigenvalue weighted by Gasteiger charge is -2.29. The normalized spacial score (nSPS) is 19.7. The predicted molar refractivity (Wildman–Crippen MR) is 81.7 cm³/mol. The minimum Gasteiger partial charge on any atom is -0.376 e. The fourth-order valence-electron chi connectivity index (χ4n) is 3.03. The van der Waals surface area contributed by atoms with Crippen LogP contribution < -0.4 is 5.32 Å². The maximum absolute atomic E-state index is 13.1. The van der Waals surface area contributed by atoms with Gasteiger partial charge in [-0.25, -0.2) is 4.39 Å². The molecule has 20 heavy (non-hydrogen) atoms. The maximum atomic E-state index is 13.1. The molecule has 3 rings (SSSR count). The topological polar surface area (TPSA) is 12.0 Å². The van der Waals surface area contributed by atoms with Crippen molar-refractivity contribution in [2.75, 3.05) is 5.32 Å². The van der Waals surface area contributed by atoms with Crippen LogP contribution in [-0.2, 0) is 6.42 Å². The van der Waals surface area contributed by atoms with Gasteiger partial charge in [0.15, 0.2) is 0 Å². The van der Waals surface area contributed by atoms with Crippen LogP contribution in [0.15, 0.2) is 42.5 Å². The summed E-state index contributed by atoms with van der Waals surface area (Å²) in [7, 11) is 0. The lowest BCUT2D eigenvalue weighted by atomic mass is 9.85. The Labute approximate surface area is 123 Å². The third-order valence-electron chi connectivity index (χ3n) is 4.02. The molecule has 0 aromatic heterocycles. The average Bonchev–Trinajstić information content (AvgIpc) is 2.63. The van der Waals surface area contributed by atoms with Gasteiger partial charge in [0.25, 0.3) is 0 Å². The first-order valence-corrected chi connectivity index (χ1v) is 7.14. The van der Waals surface area contributed by atoms with Crippen molar-refractivity contribution >= 4 is 17.3 Å². The zero-order chi connectivity index (χ0) is 14.3. The third kappa shape index (κ3) is 2.29. The standard InChI is InChI=1S/C17H17ClFN/c1-17(2)10-11-5-3-4-6-13(11)16(17)20-15-8-7-12(19)9-14(15)18/h3-9,16,20H,10H2,1-2H3. The Kier molecular flexibility index (Phi) is 3.21. The summed E-state index contributed by atoms with van der Waals surface area (Å²) < 4.78 is 13.1. The van der Waals surface area contributed by atoms with Crippen LogP contribution in [0, 0.1) is 11.2 Å². The molecule has 0 bridgehead atoms. The van der Waals surface area contributed by atoms with E-state index < -0.39 is 0 Å². The molecule has 0 heterocycles. The van der Waals surface area contributed by atoms with Crippen molar-refractivity contribution in [2.45, 2.75) is 26.3 Å². The number of nitrogens with one attached hydrogen (secondary N) is 1. The van der Waals surface area contributed by atoms with Crippen LogP contribution in [0.3, 0.4) is 0 Å². The van der Waals surface area contributed by atoms with Gasteiger partial charge >= 0.3 is 0 Å². The first kappa shape index (κ1) is 13.4. The number of hydrogen-bond acceptors (Lipinski definition) is 1.